The van der Waals surface area contributed by atoms with Gasteiger partial charge in [-0.25, -0.2) is 9.97 Å². The lowest BCUT2D eigenvalue weighted by atomic mass is 10.3. The number of nitrogens with zero attached hydrogens (tertiary/aromatic N) is 4. The second-order valence-corrected chi connectivity index (χ2v) is 6.21. The van der Waals surface area contributed by atoms with E-state index >= 15 is 0 Å². The summed E-state index contributed by atoms with van der Waals surface area (Å²) in [5.74, 6) is 2.71. The van der Waals surface area contributed by atoms with Gasteiger partial charge in [0.1, 0.15) is 17.7 Å². The van der Waals surface area contributed by atoms with Crippen molar-refractivity contribution in [2.75, 3.05) is 30.9 Å². The van der Waals surface area contributed by atoms with Gasteiger partial charge in [0, 0.05) is 32.8 Å². The van der Waals surface area contributed by atoms with E-state index in [1.807, 2.05) is 57.1 Å². The van der Waals surface area contributed by atoms with E-state index in [0.29, 0.717) is 35.3 Å². The molecule has 2 aromatic heterocycles. The number of benzene rings is 1. The molecule has 7 heteroatoms. The van der Waals surface area contributed by atoms with E-state index < -0.39 is 0 Å². The van der Waals surface area contributed by atoms with Crippen molar-refractivity contribution in [3.05, 3.63) is 36.0 Å². The molecule has 0 radical (unpaired) electrons. The molecule has 0 unspecified atom stereocenters. The van der Waals surface area contributed by atoms with Crippen LogP contribution in [-0.4, -0.2) is 41.7 Å². The third kappa shape index (κ3) is 3.99. The lowest BCUT2D eigenvalue weighted by Crippen LogP contribution is -2.23. The molecule has 1 N–H and O–H groups in total. The van der Waals surface area contributed by atoms with E-state index in [1.54, 1.807) is 6.92 Å². The molecule has 0 aliphatic heterocycles. The number of hydrogen-bond donors (Lipinski definition) is 1. The third-order valence-electron chi connectivity index (χ3n) is 3.71. The highest BCUT2D eigenvalue weighted by molar-refractivity contribution is 5.81. The average molecular weight is 341 g/mol. The summed E-state index contributed by atoms with van der Waals surface area (Å²) in [6.45, 7) is 6.22. The van der Waals surface area contributed by atoms with E-state index in [0.717, 1.165) is 11.4 Å². The predicted molar refractivity (Wildman–Crippen MR) is 98.4 cm³/mol. The first-order valence-corrected chi connectivity index (χ1v) is 8.22. The average Bonchev–Trinajstić information content (AvgIpc) is 2.93. The number of aromatic nitrogens is 3. The largest absolute Gasteiger partial charge is 0.489 e. The number of hydrogen-bond acceptors (Lipinski definition) is 7. The lowest BCUT2D eigenvalue weighted by Gasteiger charge is -2.18. The zero-order valence-corrected chi connectivity index (χ0v) is 15.2. The van der Waals surface area contributed by atoms with Gasteiger partial charge in [-0.1, -0.05) is 6.07 Å². The van der Waals surface area contributed by atoms with Crippen LogP contribution >= 0.6 is 0 Å². The van der Waals surface area contributed by atoms with Crippen LogP contribution < -0.4 is 15.0 Å². The van der Waals surface area contributed by atoms with Gasteiger partial charge in [-0.2, -0.15) is 4.98 Å². The van der Waals surface area contributed by atoms with Gasteiger partial charge in [0.05, 0.1) is 6.54 Å². The van der Waals surface area contributed by atoms with Crippen LogP contribution in [0, 0.1) is 13.8 Å². The number of nitrogens with one attached hydrogen (secondary N) is 1. The molecule has 3 rings (SSSR count). The predicted octanol–water partition coefficient (Wildman–Crippen LogP) is 3.18. The highest BCUT2D eigenvalue weighted by Gasteiger charge is 2.13. The minimum absolute atomic E-state index is 0.0456. The molecule has 1 aromatic carbocycles. The van der Waals surface area contributed by atoms with Crippen LogP contribution in [0.5, 0.6) is 5.75 Å². The van der Waals surface area contributed by atoms with Gasteiger partial charge in [0.25, 0.3) is 5.71 Å². The summed E-state index contributed by atoms with van der Waals surface area (Å²) in [5, 5.41) is 3.29. The van der Waals surface area contributed by atoms with Gasteiger partial charge in [-0.15, -0.1) is 0 Å². The van der Waals surface area contributed by atoms with Crippen LogP contribution in [0.25, 0.3) is 11.2 Å². The maximum Gasteiger partial charge on any atom is 0.252 e. The minimum Gasteiger partial charge on any atom is -0.489 e. The molecule has 0 bridgehead atoms. The monoisotopic (exact) mass is 341 g/mol. The topological polar surface area (TPSA) is 76.3 Å². The van der Waals surface area contributed by atoms with E-state index in [9.17, 15) is 0 Å². The maximum absolute atomic E-state index is 6.00. The molecular formula is C18H23N5O2. The molecular weight excluding hydrogens is 318 g/mol. The first kappa shape index (κ1) is 17.0. The van der Waals surface area contributed by atoms with Crippen LogP contribution in [0.3, 0.4) is 0 Å². The van der Waals surface area contributed by atoms with Crippen LogP contribution in [-0.2, 0) is 0 Å². The molecule has 0 fully saturated rings. The molecule has 1 atom stereocenters. The van der Waals surface area contributed by atoms with Gasteiger partial charge in [0.15, 0.2) is 17.2 Å². The molecule has 25 heavy (non-hydrogen) atoms. The van der Waals surface area contributed by atoms with Crippen LogP contribution in [0.2, 0.25) is 0 Å². The fourth-order valence-corrected chi connectivity index (χ4v) is 2.51. The summed E-state index contributed by atoms with van der Waals surface area (Å²) in [6.07, 6.45) is -0.0456. The van der Waals surface area contributed by atoms with E-state index in [4.69, 9.17) is 9.15 Å². The summed E-state index contributed by atoms with van der Waals surface area (Å²) < 4.78 is 11.5. The fourth-order valence-electron chi connectivity index (χ4n) is 2.51. The minimum atomic E-state index is -0.0456. The summed E-state index contributed by atoms with van der Waals surface area (Å²) in [5.41, 5.74) is 2.24. The Morgan fingerprint density at radius 3 is 2.76 bits per heavy atom. The zero-order chi connectivity index (χ0) is 18.0. The second-order valence-electron chi connectivity index (χ2n) is 6.21. The summed E-state index contributed by atoms with van der Waals surface area (Å²) >= 11 is 0. The van der Waals surface area contributed by atoms with Crippen molar-refractivity contribution < 1.29 is 9.15 Å². The molecule has 0 aliphatic carbocycles. The highest BCUT2D eigenvalue weighted by atomic mass is 16.5. The van der Waals surface area contributed by atoms with Crippen molar-refractivity contribution in [2.24, 2.45) is 0 Å². The van der Waals surface area contributed by atoms with Crippen molar-refractivity contribution in [1.29, 1.82) is 0 Å². The third-order valence-corrected chi connectivity index (χ3v) is 3.71. The van der Waals surface area contributed by atoms with Gasteiger partial charge >= 0.3 is 0 Å². The molecule has 3 aromatic rings. The van der Waals surface area contributed by atoms with Gasteiger partial charge in [-0.3, -0.25) is 0 Å². The van der Waals surface area contributed by atoms with E-state index in [-0.39, 0.29) is 6.10 Å². The van der Waals surface area contributed by atoms with E-state index in [2.05, 4.69) is 20.3 Å². The Balaban J connectivity index is 1.68. The van der Waals surface area contributed by atoms with Crippen molar-refractivity contribution in [3.8, 4) is 5.75 Å². The Morgan fingerprint density at radius 2 is 2.00 bits per heavy atom. The summed E-state index contributed by atoms with van der Waals surface area (Å²) in [4.78, 5) is 15.1. The number of anilines is 2. The Labute approximate surface area is 147 Å². The van der Waals surface area contributed by atoms with Crippen molar-refractivity contribution in [1.82, 2.24) is 15.0 Å². The Bertz CT molecular complexity index is 875. The highest BCUT2D eigenvalue weighted by Crippen LogP contribution is 2.22. The number of aryl methyl sites for hydroxylation is 2. The molecule has 0 spiro atoms. The van der Waals surface area contributed by atoms with Crippen molar-refractivity contribution >= 4 is 22.7 Å². The standard InChI is InChI=1S/C18H23N5O2/c1-11(24-15-8-6-7-14(9-15)23(4)5)10-19-17-16-18(21-12(2)20-17)25-13(3)22-16/h6-9,11H,10H2,1-5H3,(H,19,20,21)/t11-/m0/s1. The van der Waals surface area contributed by atoms with Crippen molar-refractivity contribution in [2.45, 2.75) is 26.9 Å². The SMILES string of the molecule is Cc1nc(NC[C@H](C)Oc2cccc(N(C)C)c2)c2nc(C)oc2n1. The molecule has 0 saturated heterocycles. The van der Waals surface area contributed by atoms with Crippen LogP contribution in [0.15, 0.2) is 28.7 Å². The number of rotatable bonds is 6. The molecule has 7 nitrogen and oxygen atoms in total. The quantitative estimate of drug-likeness (QED) is 0.738. The normalized spacial score (nSPS) is 12.2. The number of fused-ring (bicyclic) bond motifs is 1. The fraction of sp³-hybridized carbons (Fsp3) is 0.389. The summed E-state index contributed by atoms with van der Waals surface area (Å²) in [7, 11) is 4.01. The van der Waals surface area contributed by atoms with Gasteiger partial charge in [0.2, 0.25) is 0 Å². The number of oxazole rings is 1. The van der Waals surface area contributed by atoms with Gasteiger partial charge in [-0.05, 0) is 26.0 Å². The Morgan fingerprint density at radius 1 is 1.20 bits per heavy atom. The maximum atomic E-state index is 6.00. The van der Waals surface area contributed by atoms with Gasteiger partial charge < -0.3 is 19.4 Å². The molecule has 132 valence electrons. The van der Waals surface area contributed by atoms with Crippen molar-refractivity contribution in [3.63, 3.8) is 0 Å². The van der Waals surface area contributed by atoms with Crippen LogP contribution in [0.4, 0.5) is 11.5 Å². The zero-order valence-electron chi connectivity index (χ0n) is 15.2. The molecule has 0 aliphatic rings. The second kappa shape index (κ2) is 6.96. The number of ether oxygens (including phenoxy) is 1. The molecule has 0 amide bonds. The molecule has 0 saturated carbocycles. The Hall–Kier alpha value is -2.83. The lowest BCUT2D eigenvalue weighted by molar-refractivity contribution is 0.235. The van der Waals surface area contributed by atoms with Crippen LogP contribution in [0.1, 0.15) is 18.6 Å². The summed E-state index contributed by atoms with van der Waals surface area (Å²) in [6, 6.07) is 8.01. The van der Waals surface area contributed by atoms with E-state index in [1.165, 1.54) is 0 Å². The first-order chi connectivity index (χ1) is 11.9. The smallest absolute Gasteiger partial charge is 0.252 e. The Kier molecular flexibility index (Phi) is 4.74. The molecule has 2 heterocycles. The first-order valence-electron chi connectivity index (χ1n) is 8.22.